The van der Waals surface area contributed by atoms with Crippen molar-refractivity contribution in [3.63, 3.8) is 0 Å². The van der Waals surface area contributed by atoms with Crippen LogP contribution in [-0.4, -0.2) is 30.4 Å². The highest BCUT2D eigenvalue weighted by molar-refractivity contribution is 5.47. The third-order valence-corrected chi connectivity index (χ3v) is 5.69. The van der Waals surface area contributed by atoms with Gasteiger partial charge in [-0.15, -0.1) is 0 Å². The summed E-state index contributed by atoms with van der Waals surface area (Å²) in [6.07, 6.45) is 5.50. The predicted molar refractivity (Wildman–Crippen MR) is 107 cm³/mol. The monoisotopic (exact) mass is 350 g/mol. The lowest BCUT2D eigenvalue weighted by Gasteiger charge is -2.37. The zero-order chi connectivity index (χ0) is 18.2. The second-order valence-electron chi connectivity index (χ2n) is 7.50. The van der Waals surface area contributed by atoms with Gasteiger partial charge >= 0.3 is 0 Å². The molecule has 0 radical (unpaired) electrons. The van der Waals surface area contributed by atoms with Gasteiger partial charge in [-0.3, -0.25) is 4.79 Å². The zero-order valence-corrected chi connectivity index (χ0v) is 15.7. The van der Waals surface area contributed by atoms with E-state index in [1.54, 1.807) is 0 Å². The molecule has 0 aromatic heterocycles. The van der Waals surface area contributed by atoms with Crippen LogP contribution in [0.4, 0.5) is 0 Å². The molecule has 0 aliphatic carbocycles. The van der Waals surface area contributed by atoms with Crippen LogP contribution in [0.25, 0.3) is 0 Å². The maximum atomic E-state index is 11.0. The first-order valence-electron chi connectivity index (χ1n) is 9.79. The molecule has 1 aliphatic rings. The van der Waals surface area contributed by atoms with Crippen molar-refractivity contribution in [3.05, 3.63) is 71.8 Å². The number of benzene rings is 2. The second kappa shape index (κ2) is 9.54. The Hall–Kier alpha value is -2.13. The van der Waals surface area contributed by atoms with Crippen molar-refractivity contribution >= 4 is 6.41 Å². The van der Waals surface area contributed by atoms with Crippen molar-refractivity contribution in [3.8, 4) is 0 Å². The van der Waals surface area contributed by atoms with Crippen molar-refractivity contribution in [1.29, 1.82) is 0 Å². The molecule has 1 heterocycles. The van der Waals surface area contributed by atoms with Gasteiger partial charge in [0.15, 0.2) is 0 Å². The Morgan fingerprint density at radius 3 is 2.27 bits per heavy atom. The molecule has 0 saturated carbocycles. The summed E-state index contributed by atoms with van der Waals surface area (Å²) in [5, 5.41) is 3.00. The zero-order valence-electron chi connectivity index (χ0n) is 15.7. The Labute approximate surface area is 157 Å². The molecule has 138 valence electrons. The van der Waals surface area contributed by atoms with Crippen LogP contribution >= 0.6 is 0 Å². The van der Waals surface area contributed by atoms with Gasteiger partial charge in [0.25, 0.3) is 0 Å². The molecule has 26 heavy (non-hydrogen) atoms. The molecule has 2 unspecified atom stereocenters. The van der Waals surface area contributed by atoms with Gasteiger partial charge in [-0.2, -0.15) is 0 Å². The highest BCUT2D eigenvalue weighted by Gasteiger charge is 2.25. The summed E-state index contributed by atoms with van der Waals surface area (Å²) in [5.74, 6) is 0.791. The first kappa shape index (κ1) is 18.7. The Morgan fingerprint density at radius 1 is 1.04 bits per heavy atom. The largest absolute Gasteiger partial charge is 0.352 e. The Kier molecular flexibility index (Phi) is 6.84. The van der Waals surface area contributed by atoms with Gasteiger partial charge in [-0.05, 0) is 62.7 Å². The molecule has 0 spiro atoms. The minimum atomic E-state index is 0.0887. The van der Waals surface area contributed by atoms with Crippen LogP contribution < -0.4 is 5.32 Å². The number of hydrogen-bond acceptors (Lipinski definition) is 2. The first-order valence-corrected chi connectivity index (χ1v) is 9.79. The van der Waals surface area contributed by atoms with Gasteiger partial charge in [0.05, 0.1) is 6.04 Å². The highest BCUT2D eigenvalue weighted by atomic mass is 16.1. The molecule has 2 atom stereocenters. The van der Waals surface area contributed by atoms with E-state index in [0.29, 0.717) is 6.04 Å². The summed E-state index contributed by atoms with van der Waals surface area (Å²) in [6, 6.07) is 21.7. The van der Waals surface area contributed by atoms with Gasteiger partial charge in [0, 0.05) is 6.04 Å². The van der Waals surface area contributed by atoms with Gasteiger partial charge in [0.2, 0.25) is 6.41 Å². The number of rotatable bonds is 8. The van der Waals surface area contributed by atoms with Crippen LogP contribution in [0, 0.1) is 5.92 Å². The molecule has 3 heteroatoms. The van der Waals surface area contributed by atoms with Crippen LogP contribution in [0.2, 0.25) is 0 Å². The molecule has 1 fully saturated rings. The molecule has 3 nitrogen and oxygen atoms in total. The summed E-state index contributed by atoms with van der Waals surface area (Å²) in [7, 11) is 0. The van der Waals surface area contributed by atoms with Crippen molar-refractivity contribution < 1.29 is 4.79 Å². The van der Waals surface area contributed by atoms with E-state index in [-0.39, 0.29) is 6.04 Å². The van der Waals surface area contributed by atoms with E-state index in [4.69, 9.17) is 0 Å². The average Bonchev–Trinajstić information content (AvgIpc) is 2.69. The number of amides is 1. The van der Waals surface area contributed by atoms with E-state index >= 15 is 0 Å². The Morgan fingerprint density at radius 2 is 1.65 bits per heavy atom. The number of carbonyl (C=O) groups is 1. The lowest BCUT2D eigenvalue weighted by atomic mass is 9.89. The number of hydrogen-bond donors (Lipinski definition) is 1. The quantitative estimate of drug-likeness (QED) is 0.724. The van der Waals surface area contributed by atoms with Crippen molar-refractivity contribution in [2.24, 2.45) is 5.92 Å². The van der Waals surface area contributed by atoms with Gasteiger partial charge in [-0.1, -0.05) is 60.7 Å². The number of carbonyl (C=O) groups excluding carboxylic acids is 1. The van der Waals surface area contributed by atoms with Crippen LogP contribution in [0.5, 0.6) is 0 Å². The van der Waals surface area contributed by atoms with Crippen LogP contribution in [0.1, 0.15) is 43.4 Å². The summed E-state index contributed by atoms with van der Waals surface area (Å²) in [6.45, 7) is 4.60. The highest BCUT2D eigenvalue weighted by Crippen LogP contribution is 2.26. The molecule has 3 rings (SSSR count). The number of likely N-dealkylation sites (tertiary alicyclic amines) is 1. The maximum Gasteiger partial charge on any atom is 0.207 e. The Balaban J connectivity index is 1.51. The van der Waals surface area contributed by atoms with E-state index in [2.05, 4.69) is 59.6 Å². The van der Waals surface area contributed by atoms with Crippen molar-refractivity contribution in [1.82, 2.24) is 10.2 Å². The maximum absolute atomic E-state index is 11.0. The smallest absolute Gasteiger partial charge is 0.207 e. The van der Waals surface area contributed by atoms with E-state index < -0.39 is 0 Å². The molecule has 1 amide bonds. The van der Waals surface area contributed by atoms with E-state index in [9.17, 15) is 4.79 Å². The molecular formula is C23H30N2O. The summed E-state index contributed by atoms with van der Waals surface area (Å²) >= 11 is 0. The summed E-state index contributed by atoms with van der Waals surface area (Å²) in [5.41, 5.74) is 2.64. The fourth-order valence-electron chi connectivity index (χ4n) is 4.10. The molecular weight excluding hydrogens is 320 g/mol. The van der Waals surface area contributed by atoms with E-state index in [1.165, 1.54) is 30.4 Å². The molecule has 1 saturated heterocycles. The second-order valence-corrected chi connectivity index (χ2v) is 7.50. The van der Waals surface area contributed by atoms with Gasteiger partial charge in [-0.25, -0.2) is 0 Å². The van der Waals surface area contributed by atoms with Crippen LogP contribution in [0.15, 0.2) is 60.7 Å². The topological polar surface area (TPSA) is 32.3 Å². The normalized spacial score (nSPS) is 18.2. The van der Waals surface area contributed by atoms with Crippen LogP contribution in [-0.2, 0) is 11.2 Å². The van der Waals surface area contributed by atoms with E-state index in [1.807, 2.05) is 18.2 Å². The number of nitrogens with one attached hydrogen (secondary N) is 1. The summed E-state index contributed by atoms with van der Waals surface area (Å²) in [4.78, 5) is 13.6. The first-order chi connectivity index (χ1) is 12.8. The molecule has 1 aliphatic heterocycles. The third kappa shape index (κ3) is 5.18. The predicted octanol–water partition coefficient (Wildman–Crippen LogP) is 4.21. The number of nitrogens with zero attached hydrogens (tertiary/aromatic N) is 1. The molecule has 2 aromatic rings. The van der Waals surface area contributed by atoms with Crippen molar-refractivity contribution in [2.75, 3.05) is 13.1 Å². The minimum Gasteiger partial charge on any atom is -0.352 e. The van der Waals surface area contributed by atoms with Gasteiger partial charge in [0.1, 0.15) is 0 Å². The lowest BCUT2D eigenvalue weighted by molar-refractivity contribution is -0.110. The minimum absolute atomic E-state index is 0.0887. The fourth-order valence-corrected chi connectivity index (χ4v) is 4.10. The molecule has 0 bridgehead atoms. The van der Waals surface area contributed by atoms with Crippen molar-refractivity contribution in [2.45, 2.75) is 44.7 Å². The SMILES string of the molecule is CC(CC(NC=O)c1ccccc1)N1CCC(Cc2ccccc2)CC1. The molecule has 2 aromatic carbocycles. The molecule has 1 N–H and O–H groups in total. The fraction of sp³-hybridized carbons (Fsp3) is 0.435. The Bertz CT molecular complexity index is 650. The summed E-state index contributed by atoms with van der Waals surface area (Å²) < 4.78 is 0. The van der Waals surface area contributed by atoms with E-state index in [0.717, 1.165) is 31.8 Å². The van der Waals surface area contributed by atoms with Gasteiger partial charge < -0.3 is 10.2 Å². The van der Waals surface area contributed by atoms with Crippen LogP contribution in [0.3, 0.4) is 0 Å². The standard InChI is InChI=1S/C23H30N2O/c1-19(16-23(24-18-26)22-10-6-3-7-11-22)25-14-12-21(13-15-25)17-20-8-4-2-5-9-20/h2-11,18-19,21,23H,12-17H2,1H3,(H,24,26). The lowest BCUT2D eigenvalue weighted by Crippen LogP contribution is -2.42. The average molecular weight is 351 g/mol. The number of piperidine rings is 1. The third-order valence-electron chi connectivity index (χ3n) is 5.69.